The van der Waals surface area contributed by atoms with Crippen LogP contribution in [0, 0.1) is 11.8 Å². The van der Waals surface area contributed by atoms with Gasteiger partial charge < -0.3 is 11.1 Å². The quantitative estimate of drug-likeness (QED) is 0.848. The normalized spacial score (nSPS) is 9.62. The fraction of sp³-hybridized carbons (Fsp3) is 0.167. The number of rotatable bonds is 3. The fourth-order valence-electron chi connectivity index (χ4n) is 2.04. The van der Waals surface area contributed by atoms with Crippen LogP contribution in [0.1, 0.15) is 28.4 Å². The molecule has 0 saturated carbocycles. The molecule has 0 aliphatic rings. The molecule has 3 heteroatoms. The number of amides is 1. The van der Waals surface area contributed by atoms with Gasteiger partial charge in [-0.05, 0) is 36.2 Å². The molecule has 0 fully saturated rings. The molecule has 0 unspecified atom stereocenters. The molecule has 2 rings (SSSR count). The van der Waals surface area contributed by atoms with Crippen molar-refractivity contribution in [1.29, 1.82) is 0 Å². The molecular weight excluding hydrogens is 260 g/mol. The van der Waals surface area contributed by atoms with Crippen molar-refractivity contribution in [2.24, 2.45) is 5.73 Å². The maximum absolute atomic E-state index is 12.3. The van der Waals surface area contributed by atoms with E-state index in [9.17, 15) is 4.79 Å². The lowest BCUT2D eigenvalue weighted by Gasteiger charge is -2.09. The number of para-hydroxylation sites is 1. The summed E-state index contributed by atoms with van der Waals surface area (Å²) in [5.41, 5.74) is 8.70. The van der Waals surface area contributed by atoms with Crippen molar-refractivity contribution in [3.8, 4) is 11.8 Å². The predicted molar refractivity (Wildman–Crippen MR) is 86.1 cm³/mol. The van der Waals surface area contributed by atoms with Crippen molar-refractivity contribution in [2.45, 2.75) is 13.3 Å². The molecule has 2 aromatic carbocycles. The summed E-state index contributed by atoms with van der Waals surface area (Å²) in [6.45, 7) is 2.37. The van der Waals surface area contributed by atoms with E-state index in [0.717, 1.165) is 23.2 Å². The molecule has 1 amide bonds. The first kappa shape index (κ1) is 14.8. The highest BCUT2D eigenvalue weighted by Gasteiger charge is 2.08. The van der Waals surface area contributed by atoms with Gasteiger partial charge in [0.1, 0.15) is 0 Å². The van der Waals surface area contributed by atoms with Crippen LogP contribution in [0.2, 0.25) is 0 Å². The third kappa shape index (κ3) is 3.95. The Kier molecular flexibility index (Phi) is 5.14. The highest BCUT2D eigenvalue weighted by Crippen LogP contribution is 2.17. The monoisotopic (exact) mass is 278 g/mol. The average molecular weight is 278 g/mol. The maximum atomic E-state index is 12.3. The maximum Gasteiger partial charge on any atom is 0.255 e. The third-order valence-electron chi connectivity index (χ3n) is 3.11. The average Bonchev–Trinajstić information content (AvgIpc) is 2.53. The van der Waals surface area contributed by atoms with Crippen LogP contribution >= 0.6 is 0 Å². The van der Waals surface area contributed by atoms with Crippen LogP contribution in [0.5, 0.6) is 0 Å². The minimum Gasteiger partial charge on any atom is -0.322 e. The summed E-state index contributed by atoms with van der Waals surface area (Å²) in [5.74, 6) is 5.58. The van der Waals surface area contributed by atoms with Gasteiger partial charge in [0.05, 0.1) is 6.54 Å². The number of aryl methyl sites for hydroxylation is 1. The molecule has 0 atom stereocenters. The minimum atomic E-state index is -0.132. The molecule has 2 aromatic rings. The molecule has 21 heavy (non-hydrogen) atoms. The summed E-state index contributed by atoms with van der Waals surface area (Å²) >= 11 is 0. The van der Waals surface area contributed by atoms with Crippen molar-refractivity contribution in [1.82, 2.24) is 0 Å². The van der Waals surface area contributed by atoms with Gasteiger partial charge in [0, 0.05) is 16.8 Å². The Balaban J connectivity index is 2.20. The van der Waals surface area contributed by atoms with Gasteiger partial charge in [-0.1, -0.05) is 43.0 Å². The van der Waals surface area contributed by atoms with E-state index >= 15 is 0 Å². The number of anilines is 1. The molecule has 0 heterocycles. The van der Waals surface area contributed by atoms with E-state index < -0.39 is 0 Å². The van der Waals surface area contributed by atoms with Crippen molar-refractivity contribution in [3.05, 3.63) is 65.2 Å². The Bertz CT molecular complexity index is 696. The third-order valence-corrected chi connectivity index (χ3v) is 3.11. The van der Waals surface area contributed by atoms with Crippen molar-refractivity contribution >= 4 is 11.6 Å². The molecule has 106 valence electrons. The van der Waals surface area contributed by atoms with Crippen LogP contribution in [0.4, 0.5) is 5.69 Å². The zero-order chi connectivity index (χ0) is 15.1. The van der Waals surface area contributed by atoms with E-state index in [1.165, 1.54) is 0 Å². The largest absolute Gasteiger partial charge is 0.322 e. The van der Waals surface area contributed by atoms with Gasteiger partial charge in [0.25, 0.3) is 5.91 Å². The Labute approximate surface area is 125 Å². The zero-order valence-corrected chi connectivity index (χ0v) is 12.0. The molecule has 3 N–H and O–H groups in total. The summed E-state index contributed by atoms with van der Waals surface area (Å²) in [5, 5.41) is 2.95. The van der Waals surface area contributed by atoms with Gasteiger partial charge in [-0.2, -0.15) is 0 Å². The molecule has 0 radical (unpaired) electrons. The molecule has 0 saturated heterocycles. The second kappa shape index (κ2) is 7.28. The van der Waals surface area contributed by atoms with E-state index in [0.29, 0.717) is 12.1 Å². The number of hydrogen-bond acceptors (Lipinski definition) is 2. The van der Waals surface area contributed by atoms with Crippen LogP contribution in [0.15, 0.2) is 48.5 Å². The smallest absolute Gasteiger partial charge is 0.255 e. The SMILES string of the molecule is CCc1ccccc1NC(=O)c1cccc(C#CCN)c1. The summed E-state index contributed by atoms with van der Waals surface area (Å²) in [6, 6.07) is 15.0. The molecule has 0 spiro atoms. The Morgan fingerprint density at radius 2 is 2.00 bits per heavy atom. The van der Waals surface area contributed by atoms with Gasteiger partial charge in [0.2, 0.25) is 0 Å². The molecule has 0 bridgehead atoms. The van der Waals surface area contributed by atoms with Crippen LogP contribution in [0.25, 0.3) is 0 Å². The van der Waals surface area contributed by atoms with Crippen molar-refractivity contribution in [2.75, 3.05) is 11.9 Å². The highest BCUT2D eigenvalue weighted by atomic mass is 16.1. The first-order valence-electron chi connectivity index (χ1n) is 6.93. The number of nitrogens with one attached hydrogen (secondary N) is 1. The fourth-order valence-corrected chi connectivity index (χ4v) is 2.04. The van der Waals surface area contributed by atoms with E-state index in [-0.39, 0.29) is 5.91 Å². The van der Waals surface area contributed by atoms with Gasteiger partial charge in [-0.15, -0.1) is 0 Å². The van der Waals surface area contributed by atoms with Crippen molar-refractivity contribution < 1.29 is 4.79 Å². The van der Waals surface area contributed by atoms with Crippen LogP contribution in [-0.2, 0) is 6.42 Å². The Hall–Kier alpha value is -2.57. The number of hydrogen-bond donors (Lipinski definition) is 2. The number of carbonyl (C=O) groups is 1. The lowest BCUT2D eigenvalue weighted by atomic mass is 10.1. The first-order chi connectivity index (χ1) is 10.2. The molecule has 0 aromatic heterocycles. The highest BCUT2D eigenvalue weighted by molar-refractivity contribution is 6.04. The van der Waals surface area contributed by atoms with Crippen molar-refractivity contribution in [3.63, 3.8) is 0 Å². The zero-order valence-electron chi connectivity index (χ0n) is 12.0. The summed E-state index contributed by atoms with van der Waals surface area (Å²) in [7, 11) is 0. The molecule has 0 aliphatic heterocycles. The second-order valence-electron chi connectivity index (χ2n) is 4.55. The number of nitrogens with two attached hydrogens (primary N) is 1. The Morgan fingerprint density at radius 1 is 1.19 bits per heavy atom. The van der Waals surface area contributed by atoms with Crippen LogP contribution in [0.3, 0.4) is 0 Å². The van der Waals surface area contributed by atoms with Gasteiger partial charge in [0.15, 0.2) is 0 Å². The summed E-state index contributed by atoms with van der Waals surface area (Å²) in [6.07, 6.45) is 0.873. The van der Waals surface area contributed by atoms with E-state index in [1.54, 1.807) is 12.1 Å². The summed E-state index contributed by atoms with van der Waals surface area (Å²) < 4.78 is 0. The van der Waals surface area contributed by atoms with Crippen LogP contribution < -0.4 is 11.1 Å². The lowest BCUT2D eigenvalue weighted by molar-refractivity contribution is 0.102. The van der Waals surface area contributed by atoms with E-state index in [1.807, 2.05) is 36.4 Å². The van der Waals surface area contributed by atoms with E-state index in [2.05, 4.69) is 24.1 Å². The van der Waals surface area contributed by atoms with Gasteiger partial charge >= 0.3 is 0 Å². The van der Waals surface area contributed by atoms with E-state index in [4.69, 9.17) is 5.73 Å². The molecular formula is C18H18N2O. The van der Waals surface area contributed by atoms with Gasteiger partial charge in [-0.3, -0.25) is 4.79 Å². The first-order valence-corrected chi connectivity index (χ1v) is 6.93. The topological polar surface area (TPSA) is 55.1 Å². The molecule has 0 aliphatic carbocycles. The second-order valence-corrected chi connectivity index (χ2v) is 4.55. The molecule has 3 nitrogen and oxygen atoms in total. The van der Waals surface area contributed by atoms with Crippen LogP contribution in [-0.4, -0.2) is 12.5 Å². The number of carbonyl (C=O) groups excluding carboxylic acids is 1. The number of benzene rings is 2. The predicted octanol–water partition coefficient (Wildman–Crippen LogP) is 2.81. The standard InChI is InChI=1S/C18H18N2O/c1-2-15-9-3-4-11-17(15)20-18(21)16-10-5-7-14(13-16)8-6-12-19/h3-5,7,9-11,13H,2,12,19H2,1H3,(H,20,21). The Morgan fingerprint density at radius 3 is 2.76 bits per heavy atom. The lowest BCUT2D eigenvalue weighted by Crippen LogP contribution is -2.13. The van der Waals surface area contributed by atoms with Gasteiger partial charge in [-0.25, -0.2) is 0 Å². The summed E-state index contributed by atoms with van der Waals surface area (Å²) in [4.78, 5) is 12.3. The minimum absolute atomic E-state index is 0.132.